The fourth-order valence-electron chi connectivity index (χ4n) is 1.08. The highest BCUT2D eigenvalue weighted by atomic mass is 19.3. The molecule has 2 N–H and O–H groups in total. The van der Waals surface area contributed by atoms with E-state index >= 15 is 0 Å². The molecule has 0 aliphatic rings. The number of rotatable bonds is 4. The van der Waals surface area contributed by atoms with Crippen molar-refractivity contribution in [3.63, 3.8) is 0 Å². The molecule has 1 aromatic rings. The van der Waals surface area contributed by atoms with Gasteiger partial charge in [-0.1, -0.05) is 17.9 Å². The van der Waals surface area contributed by atoms with Gasteiger partial charge in [-0.25, -0.2) is 0 Å². The summed E-state index contributed by atoms with van der Waals surface area (Å²) < 4.78 is 53.1. The predicted octanol–water partition coefficient (Wildman–Crippen LogP) is 2.62. The van der Waals surface area contributed by atoms with Gasteiger partial charge in [0, 0.05) is 18.5 Å². The van der Waals surface area contributed by atoms with Gasteiger partial charge in [0.2, 0.25) is 0 Å². The zero-order valence-corrected chi connectivity index (χ0v) is 9.30. The van der Waals surface area contributed by atoms with Crippen LogP contribution in [0.25, 0.3) is 0 Å². The van der Waals surface area contributed by atoms with E-state index in [0.717, 1.165) is 6.07 Å². The fraction of sp³-hybridized carbons (Fsp3) is 0.333. The Morgan fingerprint density at radius 2 is 2.06 bits per heavy atom. The molecule has 0 amide bonds. The number of nitrogens with two attached hydrogens (primary N) is 1. The van der Waals surface area contributed by atoms with Gasteiger partial charge in [0.1, 0.15) is 5.75 Å². The van der Waals surface area contributed by atoms with E-state index in [1.54, 1.807) is 6.07 Å². The fourth-order valence-corrected chi connectivity index (χ4v) is 1.08. The lowest BCUT2D eigenvalue weighted by Gasteiger charge is -2.16. The zero-order valence-electron chi connectivity index (χ0n) is 9.30. The number of alkyl halides is 4. The van der Waals surface area contributed by atoms with E-state index < -0.39 is 12.5 Å². The summed E-state index contributed by atoms with van der Waals surface area (Å²) in [5, 5.41) is 0. The Balaban J connectivity index is 2.81. The number of halogens is 4. The molecule has 18 heavy (non-hydrogen) atoms. The largest absolute Gasteiger partial charge is 0.461 e. The van der Waals surface area contributed by atoms with Crippen LogP contribution in [0.2, 0.25) is 0 Å². The molecule has 0 aliphatic carbocycles. The average Bonchev–Trinajstić information content (AvgIpc) is 2.29. The van der Waals surface area contributed by atoms with Crippen LogP contribution in [0.1, 0.15) is 12.0 Å². The van der Waals surface area contributed by atoms with Crippen molar-refractivity contribution >= 4 is 0 Å². The third kappa shape index (κ3) is 4.26. The van der Waals surface area contributed by atoms with E-state index in [2.05, 4.69) is 16.6 Å². The molecule has 1 aromatic carbocycles. The molecule has 0 unspecified atom stereocenters. The van der Waals surface area contributed by atoms with Crippen molar-refractivity contribution in [1.29, 1.82) is 0 Å². The lowest BCUT2D eigenvalue weighted by atomic mass is 10.2. The smallest absolute Gasteiger partial charge is 0.428 e. The van der Waals surface area contributed by atoms with Gasteiger partial charge >= 0.3 is 12.5 Å². The van der Waals surface area contributed by atoms with Gasteiger partial charge in [-0.2, -0.15) is 17.6 Å². The number of hydrogen-bond acceptors (Lipinski definition) is 2. The van der Waals surface area contributed by atoms with Gasteiger partial charge in [0.05, 0.1) is 0 Å². The lowest BCUT2D eigenvalue weighted by Crippen LogP contribution is -2.33. The standard InChI is InChI=1S/C12H11F4NO/c13-11(14)12(15,16)18-10-6-3-5-9(8-10)4-1-2-7-17/h3,5-6,8,11H,2,7,17H2. The molecule has 0 saturated heterocycles. The molecular formula is C12H11F4NO. The van der Waals surface area contributed by atoms with Crippen molar-refractivity contribution in [2.45, 2.75) is 19.0 Å². The van der Waals surface area contributed by atoms with Crippen LogP contribution in [0.15, 0.2) is 24.3 Å². The molecule has 0 spiro atoms. The van der Waals surface area contributed by atoms with E-state index in [-0.39, 0.29) is 5.75 Å². The van der Waals surface area contributed by atoms with Gasteiger partial charge in [-0.3, -0.25) is 0 Å². The molecule has 0 aromatic heterocycles. The molecule has 0 fully saturated rings. The summed E-state index contributed by atoms with van der Waals surface area (Å²) in [7, 11) is 0. The Kier molecular flexibility index (Phi) is 4.98. The predicted molar refractivity (Wildman–Crippen MR) is 58.6 cm³/mol. The molecule has 0 radical (unpaired) electrons. The Morgan fingerprint density at radius 3 is 2.67 bits per heavy atom. The summed E-state index contributed by atoms with van der Waals surface area (Å²) in [5.41, 5.74) is 5.62. The topological polar surface area (TPSA) is 35.2 Å². The van der Waals surface area contributed by atoms with Crippen molar-refractivity contribution < 1.29 is 22.3 Å². The van der Waals surface area contributed by atoms with Crippen molar-refractivity contribution in [3.8, 4) is 17.6 Å². The summed E-state index contributed by atoms with van der Waals surface area (Å²) in [5.74, 6) is 5.00. The first-order chi connectivity index (χ1) is 8.45. The monoisotopic (exact) mass is 261 g/mol. The van der Waals surface area contributed by atoms with Crippen LogP contribution in [0.4, 0.5) is 17.6 Å². The highest BCUT2D eigenvalue weighted by Gasteiger charge is 2.43. The normalized spacial score (nSPS) is 11.0. The SMILES string of the molecule is NCCC#Cc1cccc(OC(F)(F)C(F)F)c1. The number of hydrogen-bond donors (Lipinski definition) is 1. The van der Waals surface area contributed by atoms with Crippen LogP contribution in [-0.2, 0) is 0 Å². The van der Waals surface area contributed by atoms with E-state index in [1.165, 1.54) is 12.1 Å². The summed E-state index contributed by atoms with van der Waals surface area (Å²) in [6.07, 6.45) is -7.94. The van der Waals surface area contributed by atoms with Crippen molar-refractivity contribution in [3.05, 3.63) is 29.8 Å². The zero-order chi connectivity index (χ0) is 13.6. The summed E-state index contributed by atoms with van der Waals surface area (Å²) in [4.78, 5) is 0. The van der Waals surface area contributed by atoms with E-state index in [1.807, 2.05) is 0 Å². The van der Waals surface area contributed by atoms with Crippen molar-refractivity contribution in [1.82, 2.24) is 0 Å². The number of benzene rings is 1. The summed E-state index contributed by atoms with van der Waals surface area (Å²) in [6.45, 7) is 0.382. The van der Waals surface area contributed by atoms with Crippen molar-refractivity contribution in [2.24, 2.45) is 5.73 Å². The average molecular weight is 261 g/mol. The van der Waals surface area contributed by atoms with Crippen LogP contribution in [-0.4, -0.2) is 19.1 Å². The first-order valence-electron chi connectivity index (χ1n) is 5.09. The lowest BCUT2D eigenvalue weighted by molar-refractivity contribution is -0.253. The Hall–Kier alpha value is -1.74. The molecule has 0 atom stereocenters. The van der Waals surface area contributed by atoms with E-state index in [9.17, 15) is 17.6 Å². The van der Waals surface area contributed by atoms with Gasteiger partial charge in [0.25, 0.3) is 0 Å². The van der Waals surface area contributed by atoms with E-state index in [4.69, 9.17) is 5.73 Å². The summed E-state index contributed by atoms with van der Waals surface area (Å²) in [6, 6.07) is 5.27. The summed E-state index contributed by atoms with van der Waals surface area (Å²) >= 11 is 0. The Bertz CT molecular complexity index is 451. The van der Waals surface area contributed by atoms with E-state index in [0.29, 0.717) is 18.5 Å². The van der Waals surface area contributed by atoms with Crippen LogP contribution in [0.3, 0.4) is 0 Å². The van der Waals surface area contributed by atoms with Crippen LogP contribution >= 0.6 is 0 Å². The van der Waals surface area contributed by atoms with Gasteiger partial charge < -0.3 is 10.5 Å². The minimum absolute atomic E-state index is 0.361. The third-order valence-electron chi connectivity index (χ3n) is 1.84. The van der Waals surface area contributed by atoms with Gasteiger partial charge in [0.15, 0.2) is 0 Å². The van der Waals surface area contributed by atoms with Crippen molar-refractivity contribution in [2.75, 3.05) is 6.54 Å². The second kappa shape index (κ2) is 6.26. The van der Waals surface area contributed by atoms with Crippen LogP contribution in [0, 0.1) is 11.8 Å². The minimum atomic E-state index is -4.51. The Labute approximate surface area is 102 Å². The first-order valence-corrected chi connectivity index (χ1v) is 5.09. The maximum Gasteiger partial charge on any atom is 0.461 e. The molecule has 1 rings (SSSR count). The Morgan fingerprint density at radius 1 is 1.33 bits per heavy atom. The highest BCUT2D eigenvalue weighted by Crippen LogP contribution is 2.27. The number of ether oxygens (including phenoxy) is 1. The molecule has 0 saturated carbocycles. The molecular weight excluding hydrogens is 250 g/mol. The van der Waals surface area contributed by atoms with Crippen LogP contribution < -0.4 is 10.5 Å². The quantitative estimate of drug-likeness (QED) is 0.668. The second-order valence-electron chi connectivity index (χ2n) is 3.33. The second-order valence-corrected chi connectivity index (χ2v) is 3.33. The molecule has 0 heterocycles. The maximum atomic E-state index is 12.6. The molecule has 0 bridgehead atoms. The molecule has 2 nitrogen and oxygen atoms in total. The van der Waals surface area contributed by atoms with Gasteiger partial charge in [-0.15, -0.1) is 0 Å². The van der Waals surface area contributed by atoms with Crippen LogP contribution in [0.5, 0.6) is 5.75 Å². The van der Waals surface area contributed by atoms with Gasteiger partial charge in [-0.05, 0) is 18.2 Å². The molecule has 6 heteroatoms. The maximum absolute atomic E-state index is 12.6. The molecule has 0 aliphatic heterocycles. The first kappa shape index (κ1) is 14.3. The molecule has 98 valence electrons. The third-order valence-corrected chi connectivity index (χ3v) is 1.84. The highest BCUT2D eigenvalue weighted by molar-refractivity contribution is 5.39. The minimum Gasteiger partial charge on any atom is -0.428 e.